The largest absolute Gasteiger partial charge is 0.481 e. The highest BCUT2D eigenvalue weighted by molar-refractivity contribution is 7.99. The number of nitrogens with one attached hydrogen (secondary N) is 1. The molecule has 1 saturated heterocycles. The molecule has 21 heavy (non-hydrogen) atoms. The van der Waals surface area contributed by atoms with Crippen molar-refractivity contribution in [3.63, 3.8) is 0 Å². The summed E-state index contributed by atoms with van der Waals surface area (Å²) in [6.45, 7) is 5.77. The van der Waals surface area contributed by atoms with Gasteiger partial charge in [0.25, 0.3) is 0 Å². The van der Waals surface area contributed by atoms with Crippen molar-refractivity contribution in [3.8, 4) is 0 Å². The number of ether oxygens (including phenoxy) is 1. The maximum atomic E-state index is 12.2. The van der Waals surface area contributed by atoms with Gasteiger partial charge in [0.1, 0.15) is 10.9 Å². The van der Waals surface area contributed by atoms with Gasteiger partial charge in [0, 0.05) is 12.3 Å². The van der Waals surface area contributed by atoms with E-state index in [0.29, 0.717) is 12.4 Å². The van der Waals surface area contributed by atoms with E-state index >= 15 is 0 Å². The van der Waals surface area contributed by atoms with Crippen molar-refractivity contribution < 1.29 is 24.2 Å². The number of rotatable bonds is 5. The Morgan fingerprint density at radius 3 is 2.57 bits per heavy atom. The maximum absolute atomic E-state index is 12.2. The highest BCUT2D eigenvalue weighted by atomic mass is 32.2. The molecule has 1 fully saturated rings. The zero-order chi connectivity index (χ0) is 16.0. The van der Waals surface area contributed by atoms with Crippen molar-refractivity contribution in [3.05, 3.63) is 0 Å². The first-order valence-corrected chi connectivity index (χ1v) is 8.45. The lowest BCUT2D eigenvalue weighted by Gasteiger charge is -2.23. The Bertz CT molecular complexity index is 405. The van der Waals surface area contributed by atoms with E-state index in [1.165, 1.54) is 0 Å². The number of carboxylic acid groups (broad SMARTS) is 1. The van der Waals surface area contributed by atoms with Gasteiger partial charge in [0.05, 0.1) is 12.3 Å². The van der Waals surface area contributed by atoms with Gasteiger partial charge in [-0.25, -0.2) is 4.79 Å². The summed E-state index contributed by atoms with van der Waals surface area (Å²) in [5, 5.41) is 8.04. The highest BCUT2D eigenvalue weighted by Crippen LogP contribution is 2.21. The summed E-state index contributed by atoms with van der Waals surface area (Å²) < 4.78 is 7.44. The molecule has 0 aromatic heterocycles. The van der Waals surface area contributed by atoms with Gasteiger partial charge in [-0.05, 0) is 32.7 Å². The zero-order valence-electron chi connectivity index (χ0n) is 12.2. The predicted octanol–water partition coefficient (Wildman–Crippen LogP) is 1.54. The van der Waals surface area contributed by atoms with Crippen LogP contribution in [0.15, 0.2) is 0 Å². The van der Waals surface area contributed by atoms with Crippen LogP contribution in [0.25, 0.3) is 0 Å². The van der Waals surface area contributed by atoms with Crippen molar-refractivity contribution in [1.82, 2.24) is 9.62 Å². The fraction of sp³-hybridized carbons (Fsp3) is 0.750. The molecule has 1 rings (SSSR count). The Morgan fingerprint density at radius 1 is 1.43 bits per heavy atom. The minimum absolute atomic E-state index is 0.275. The van der Waals surface area contributed by atoms with Crippen molar-refractivity contribution in [2.75, 3.05) is 18.2 Å². The van der Waals surface area contributed by atoms with Crippen LogP contribution in [0.4, 0.5) is 4.79 Å². The molecule has 0 aromatic carbocycles. The molecule has 0 aromatic rings. The number of nitrogens with zero attached hydrogens (tertiary/aromatic N) is 1. The summed E-state index contributed by atoms with van der Waals surface area (Å²) in [6, 6.07) is 0. The first kappa shape index (κ1) is 18.0. The predicted molar refractivity (Wildman–Crippen MR) is 82.0 cm³/mol. The number of aliphatic carboxylic acids is 1. The first-order chi connectivity index (χ1) is 9.69. The Hall–Kier alpha value is -1.09. The van der Waals surface area contributed by atoms with Gasteiger partial charge in [-0.15, -0.1) is 11.8 Å². The van der Waals surface area contributed by atoms with Crippen molar-refractivity contribution >= 4 is 41.7 Å². The van der Waals surface area contributed by atoms with Gasteiger partial charge in [-0.3, -0.25) is 14.3 Å². The second-order valence-electron chi connectivity index (χ2n) is 5.45. The molecule has 2 N–H and O–H groups in total. The topological polar surface area (TPSA) is 95.9 Å². The molecule has 0 spiro atoms. The summed E-state index contributed by atoms with van der Waals surface area (Å²) >= 11 is 2.40. The van der Waals surface area contributed by atoms with Crippen LogP contribution in [0.3, 0.4) is 0 Å². The zero-order valence-corrected chi connectivity index (χ0v) is 13.9. The summed E-state index contributed by atoms with van der Waals surface area (Å²) in [5.74, 6) is 0.0413. The van der Waals surface area contributed by atoms with Crippen LogP contribution in [0.5, 0.6) is 0 Å². The number of hydrogen-bond acceptors (Lipinski definition) is 6. The number of thioether (sulfide) groups is 1. The molecule has 1 unspecified atom stereocenters. The molecule has 1 heterocycles. The average Bonchev–Trinajstić information content (AvgIpc) is 2.84. The smallest absolute Gasteiger partial charge is 0.417 e. The molecule has 0 radical (unpaired) electrons. The Morgan fingerprint density at radius 2 is 2.10 bits per heavy atom. The van der Waals surface area contributed by atoms with Gasteiger partial charge in [0.15, 0.2) is 0 Å². The third-order valence-corrected chi connectivity index (χ3v) is 4.29. The quantitative estimate of drug-likeness (QED) is 0.735. The molecule has 2 amide bonds. The lowest BCUT2D eigenvalue weighted by atomic mass is 10.2. The summed E-state index contributed by atoms with van der Waals surface area (Å²) in [7, 11) is 0. The fourth-order valence-electron chi connectivity index (χ4n) is 1.55. The van der Waals surface area contributed by atoms with Crippen LogP contribution in [0.1, 0.15) is 27.2 Å². The Balaban J connectivity index is 2.55. The van der Waals surface area contributed by atoms with Gasteiger partial charge < -0.3 is 14.7 Å². The monoisotopic (exact) mass is 336 g/mol. The van der Waals surface area contributed by atoms with Crippen LogP contribution < -0.4 is 4.72 Å². The molecule has 0 saturated carbocycles. The second-order valence-corrected chi connectivity index (χ2v) is 7.53. The Labute approximate surface area is 132 Å². The normalized spacial score (nSPS) is 16.4. The van der Waals surface area contributed by atoms with Crippen LogP contribution in [0.2, 0.25) is 0 Å². The third kappa shape index (κ3) is 6.94. The van der Waals surface area contributed by atoms with Crippen LogP contribution in [-0.4, -0.2) is 57.0 Å². The second kappa shape index (κ2) is 7.79. The van der Waals surface area contributed by atoms with E-state index in [1.54, 1.807) is 37.4 Å². The summed E-state index contributed by atoms with van der Waals surface area (Å²) in [4.78, 5) is 36.2. The van der Waals surface area contributed by atoms with Crippen molar-refractivity contribution in [2.45, 2.75) is 38.0 Å². The van der Waals surface area contributed by atoms with Gasteiger partial charge >= 0.3 is 12.1 Å². The number of amides is 2. The van der Waals surface area contributed by atoms with E-state index in [-0.39, 0.29) is 12.3 Å². The number of carboxylic acids is 1. The van der Waals surface area contributed by atoms with Crippen LogP contribution in [0, 0.1) is 0 Å². The maximum Gasteiger partial charge on any atom is 0.417 e. The molecule has 9 heteroatoms. The van der Waals surface area contributed by atoms with E-state index in [2.05, 4.69) is 4.72 Å². The van der Waals surface area contributed by atoms with Gasteiger partial charge in [-0.1, -0.05) is 0 Å². The standard InChI is InChI=1S/C12H20N2O5S2/c1-12(2,3)19-11(18)13-21-8(6-9(15)16)10(17)14-4-5-20-7-14/h8H,4-7H2,1-3H3,(H,13,18)(H,15,16). The third-order valence-electron chi connectivity index (χ3n) is 2.38. The molecule has 1 aliphatic rings. The van der Waals surface area contributed by atoms with Gasteiger partial charge in [0.2, 0.25) is 5.91 Å². The molecule has 7 nitrogen and oxygen atoms in total. The highest BCUT2D eigenvalue weighted by Gasteiger charge is 2.30. The molecule has 0 bridgehead atoms. The number of carbonyl (C=O) groups excluding carboxylic acids is 2. The molecule has 1 aliphatic heterocycles. The number of carbonyl (C=O) groups is 3. The SMILES string of the molecule is CC(C)(C)OC(=O)NSC(CC(=O)O)C(=O)N1CCSC1. The molecule has 120 valence electrons. The van der Waals surface area contributed by atoms with Crippen LogP contribution >= 0.6 is 23.7 Å². The van der Waals surface area contributed by atoms with E-state index in [9.17, 15) is 14.4 Å². The molecular weight excluding hydrogens is 316 g/mol. The lowest BCUT2D eigenvalue weighted by molar-refractivity contribution is -0.140. The summed E-state index contributed by atoms with van der Waals surface area (Å²) in [5.41, 5.74) is -0.650. The van der Waals surface area contributed by atoms with E-state index in [1.807, 2.05) is 0 Å². The van der Waals surface area contributed by atoms with E-state index in [4.69, 9.17) is 9.84 Å². The molecule has 1 atom stereocenters. The average molecular weight is 336 g/mol. The first-order valence-electron chi connectivity index (χ1n) is 6.42. The lowest BCUT2D eigenvalue weighted by Crippen LogP contribution is -2.39. The molecular formula is C12H20N2O5S2. The minimum atomic E-state index is -1.08. The number of hydrogen-bond donors (Lipinski definition) is 2. The Kier molecular flexibility index (Phi) is 6.66. The van der Waals surface area contributed by atoms with E-state index < -0.39 is 22.9 Å². The summed E-state index contributed by atoms with van der Waals surface area (Å²) in [6.07, 6.45) is -1.04. The fourth-order valence-corrected chi connectivity index (χ4v) is 3.26. The molecule has 0 aliphatic carbocycles. The van der Waals surface area contributed by atoms with Crippen molar-refractivity contribution in [2.24, 2.45) is 0 Å². The van der Waals surface area contributed by atoms with Gasteiger partial charge in [-0.2, -0.15) is 0 Å². The van der Waals surface area contributed by atoms with Crippen molar-refractivity contribution in [1.29, 1.82) is 0 Å². The van der Waals surface area contributed by atoms with Crippen LogP contribution in [-0.2, 0) is 14.3 Å². The minimum Gasteiger partial charge on any atom is -0.481 e. The van der Waals surface area contributed by atoms with E-state index in [0.717, 1.165) is 17.7 Å².